The lowest BCUT2D eigenvalue weighted by molar-refractivity contribution is -0.137. The molecule has 0 saturated heterocycles. The van der Waals surface area contributed by atoms with E-state index in [1.807, 2.05) is 0 Å². The van der Waals surface area contributed by atoms with Crippen LogP contribution in [0, 0.1) is 6.92 Å². The molecule has 1 atom stereocenters. The number of nitrogens with one attached hydrogen (secondary N) is 1. The van der Waals surface area contributed by atoms with Gasteiger partial charge in [0.25, 0.3) is 0 Å². The van der Waals surface area contributed by atoms with Crippen molar-refractivity contribution in [1.82, 2.24) is 4.98 Å². The second-order valence-electron chi connectivity index (χ2n) is 7.66. The Morgan fingerprint density at radius 1 is 1.07 bits per heavy atom. The van der Waals surface area contributed by atoms with Gasteiger partial charge in [0, 0.05) is 11.9 Å². The third-order valence-electron chi connectivity index (χ3n) is 4.01. The van der Waals surface area contributed by atoms with Crippen LogP contribution in [0.2, 0.25) is 0 Å². The number of aliphatic hydroxyl groups is 1. The molecule has 0 aliphatic rings. The Morgan fingerprint density at radius 2 is 1.68 bits per heavy atom. The highest BCUT2D eigenvalue weighted by Gasteiger charge is 2.33. The highest BCUT2D eigenvalue weighted by molar-refractivity contribution is 5.86. The number of pyridine rings is 1. The molecule has 1 aromatic carbocycles. The number of aryl methyl sites for hydroxylation is 1. The van der Waals surface area contributed by atoms with E-state index in [2.05, 4.69) is 10.3 Å². The van der Waals surface area contributed by atoms with Crippen LogP contribution in [0.5, 0.6) is 0 Å². The van der Waals surface area contributed by atoms with Gasteiger partial charge in [0.15, 0.2) is 0 Å². The normalized spacial score (nSPS) is 14.3. The summed E-state index contributed by atoms with van der Waals surface area (Å²) in [4.78, 5) is 15.7. The Morgan fingerprint density at radius 3 is 2.14 bits per heavy atom. The first-order valence-corrected chi connectivity index (χ1v) is 8.57. The van der Waals surface area contributed by atoms with E-state index in [4.69, 9.17) is 4.74 Å². The second kappa shape index (κ2) is 7.43. The van der Waals surface area contributed by atoms with Crippen molar-refractivity contribution < 1.29 is 27.8 Å². The molecule has 0 spiro atoms. The average molecular weight is 396 g/mol. The molecule has 1 heterocycles. The lowest BCUT2D eigenvalue weighted by Gasteiger charge is -2.25. The molecule has 0 fully saturated rings. The predicted molar refractivity (Wildman–Crippen MR) is 98.9 cm³/mol. The number of carbonyl (C=O) groups is 1. The quantitative estimate of drug-likeness (QED) is 0.765. The molecular weight excluding hydrogens is 373 g/mol. The molecule has 1 unspecified atom stereocenters. The van der Waals surface area contributed by atoms with Gasteiger partial charge in [0.05, 0.1) is 11.3 Å². The Balaban J connectivity index is 2.25. The van der Waals surface area contributed by atoms with Crippen LogP contribution in [0.4, 0.5) is 23.7 Å². The molecule has 1 aromatic heterocycles. The lowest BCUT2D eigenvalue weighted by Crippen LogP contribution is -2.28. The third-order valence-corrected chi connectivity index (χ3v) is 4.01. The van der Waals surface area contributed by atoms with Gasteiger partial charge in [0.1, 0.15) is 11.2 Å². The van der Waals surface area contributed by atoms with E-state index in [9.17, 15) is 23.1 Å². The van der Waals surface area contributed by atoms with Crippen molar-refractivity contribution in [3.63, 3.8) is 0 Å². The molecule has 8 heteroatoms. The molecular formula is C20H23F3N2O3. The molecule has 0 saturated carbocycles. The van der Waals surface area contributed by atoms with Crippen molar-refractivity contribution in [3.8, 4) is 0 Å². The predicted octanol–water partition coefficient (Wildman–Crippen LogP) is 5.01. The number of amides is 1. The van der Waals surface area contributed by atoms with Crippen molar-refractivity contribution in [3.05, 3.63) is 58.9 Å². The summed E-state index contributed by atoms with van der Waals surface area (Å²) in [6.45, 7) is 8.41. The van der Waals surface area contributed by atoms with Gasteiger partial charge < -0.3 is 9.84 Å². The Kier molecular flexibility index (Phi) is 5.75. The molecule has 0 radical (unpaired) electrons. The zero-order valence-corrected chi connectivity index (χ0v) is 16.3. The second-order valence-corrected chi connectivity index (χ2v) is 7.66. The van der Waals surface area contributed by atoms with Crippen LogP contribution >= 0.6 is 0 Å². The summed E-state index contributed by atoms with van der Waals surface area (Å²) in [5.74, 6) is 0. The summed E-state index contributed by atoms with van der Waals surface area (Å²) in [7, 11) is 0. The van der Waals surface area contributed by atoms with Crippen molar-refractivity contribution in [1.29, 1.82) is 0 Å². The topological polar surface area (TPSA) is 71.5 Å². The van der Waals surface area contributed by atoms with Gasteiger partial charge in [-0.15, -0.1) is 0 Å². The third kappa shape index (κ3) is 5.22. The molecule has 28 heavy (non-hydrogen) atoms. The fourth-order valence-corrected chi connectivity index (χ4v) is 2.52. The summed E-state index contributed by atoms with van der Waals surface area (Å²) in [5, 5.41) is 13.5. The number of halogens is 3. The molecule has 2 aromatic rings. The minimum absolute atomic E-state index is 0.0766. The number of rotatable bonds is 3. The van der Waals surface area contributed by atoms with Gasteiger partial charge in [-0.1, -0.05) is 12.1 Å². The van der Waals surface area contributed by atoms with Crippen LogP contribution in [-0.4, -0.2) is 21.8 Å². The van der Waals surface area contributed by atoms with Gasteiger partial charge in [-0.05, 0) is 63.9 Å². The first-order valence-electron chi connectivity index (χ1n) is 8.57. The molecule has 0 bridgehead atoms. The number of nitrogens with zero attached hydrogens (tertiary/aromatic N) is 1. The van der Waals surface area contributed by atoms with E-state index in [0.717, 1.165) is 12.1 Å². The Bertz CT molecular complexity index is 854. The van der Waals surface area contributed by atoms with Gasteiger partial charge in [-0.2, -0.15) is 13.2 Å². The number of aromatic nitrogens is 1. The zero-order chi connectivity index (χ0) is 21.3. The highest BCUT2D eigenvalue weighted by Crippen LogP contribution is 2.33. The van der Waals surface area contributed by atoms with Crippen molar-refractivity contribution in [2.75, 3.05) is 5.32 Å². The van der Waals surface area contributed by atoms with E-state index in [-0.39, 0.29) is 5.69 Å². The maximum absolute atomic E-state index is 12.7. The van der Waals surface area contributed by atoms with Crippen LogP contribution in [0.3, 0.4) is 0 Å². The van der Waals surface area contributed by atoms with E-state index >= 15 is 0 Å². The van der Waals surface area contributed by atoms with Gasteiger partial charge in [0.2, 0.25) is 0 Å². The monoisotopic (exact) mass is 396 g/mol. The smallest absolute Gasteiger partial charge is 0.417 e. The van der Waals surface area contributed by atoms with Crippen molar-refractivity contribution >= 4 is 11.8 Å². The van der Waals surface area contributed by atoms with Crippen LogP contribution in [0.1, 0.15) is 50.1 Å². The number of hydrogen-bond acceptors (Lipinski definition) is 4. The van der Waals surface area contributed by atoms with Crippen LogP contribution in [0.15, 0.2) is 36.5 Å². The molecule has 2 N–H and O–H groups in total. The maximum atomic E-state index is 12.7. The molecule has 1 amide bonds. The molecule has 5 nitrogen and oxygen atoms in total. The zero-order valence-electron chi connectivity index (χ0n) is 16.3. The Labute approximate surface area is 161 Å². The van der Waals surface area contributed by atoms with E-state index in [0.29, 0.717) is 23.0 Å². The average Bonchev–Trinajstić information content (AvgIpc) is 2.54. The SMILES string of the molecule is Cc1cc(C(C)(O)c2ccc(C(F)(F)F)cn2)ccc1NC(=O)OC(C)(C)C. The summed E-state index contributed by atoms with van der Waals surface area (Å²) in [6.07, 6.45) is -4.42. The lowest BCUT2D eigenvalue weighted by atomic mass is 9.90. The van der Waals surface area contributed by atoms with Crippen molar-refractivity contribution in [2.45, 2.75) is 52.0 Å². The summed E-state index contributed by atoms with van der Waals surface area (Å²) >= 11 is 0. The number of alkyl halides is 3. The standard InChI is InChI=1S/C20H23F3N2O3/c1-12-10-13(6-8-15(12)25-17(26)28-18(2,3)4)19(5,27)16-9-7-14(11-24-16)20(21,22)23/h6-11,27H,1-5H3,(H,25,26). The number of hydrogen-bond donors (Lipinski definition) is 2. The molecule has 0 aliphatic heterocycles. The van der Waals surface area contributed by atoms with Crippen molar-refractivity contribution in [2.24, 2.45) is 0 Å². The number of ether oxygens (including phenoxy) is 1. The summed E-state index contributed by atoms with van der Waals surface area (Å²) in [6, 6.07) is 6.81. The maximum Gasteiger partial charge on any atom is 0.417 e. The minimum atomic E-state index is -4.50. The Hall–Kier alpha value is -2.61. The highest BCUT2D eigenvalue weighted by atomic mass is 19.4. The number of benzene rings is 1. The number of carbonyl (C=O) groups excluding carboxylic acids is 1. The van der Waals surface area contributed by atoms with Gasteiger partial charge in [-0.25, -0.2) is 4.79 Å². The molecule has 2 rings (SSSR count). The largest absolute Gasteiger partial charge is 0.444 e. The fourth-order valence-electron chi connectivity index (χ4n) is 2.52. The first-order chi connectivity index (χ1) is 12.7. The minimum Gasteiger partial charge on any atom is -0.444 e. The van der Waals surface area contributed by atoms with E-state index in [1.165, 1.54) is 6.92 Å². The van der Waals surface area contributed by atoms with Gasteiger partial charge >= 0.3 is 12.3 Å². The van der Waals surface area contributed by atoms with E-state index < -0.39 is 29.0 Å². The van der Waals surface area contributed by atoms with Gasteiger partial charge in [-0.3, -0.25) is 10.3 Å². The summed E-state index contributed by atoms with van der Waals surface area (Å²) < 4.78 is 43.3. The van der Waals surface area contributed by atoms with E-state index in [1.54, 1.807) is 45.9 Å². The van der Waals surface area contributed by atoms with Crippen LogP contribution < -0.4 is 5.32 Å². The molecule has 152 valence electrons. The number of anilines is 1. The summed E-state index contributed by atoms with van der Waals surface area (Å²) in [5.41, 5.74) is -1.50. The first kappa shape index (κ1) is 21.7. The molecule has 0 aliphatic carbocycles. The van der Waals surface area contributed by atoms with Crippen LogP contribution in [-0.2, 0) is 16.5 Å². The fraction of sp³-hybridized carbons (Fsp3) is 0.400. The van der Waals surface area contributed by atoms with Crippen LogP contribution in [0.25, 0.3) is 0 Å².